The minimum Gasteiger partial charge on any atom is -0.493 e. The molecule has 0 spiro atoms. The van der Waals surface area contributed by atoms with Gasteiger partial charge in [-0.05, 0) is 40.5 Å². The van der Waals surface area contributed by atoms with Gasteiger partial charge in [-0.25, -0.2) is 14.3 Å². The molecule has 5 rings (SSSR count). The summed E-state index contributed by atoms with van der Waals surface area (Å²) in [6.07, 6.45) is 1.76. The first kappa shape index (κ1) is 29.4. The number of aromatic nitrogens is 5. The zero-order chi connectivity index (χ0) is 29.8. The van der Waals surface area contributed by atoms with Crippen molar-refractivity contribution in [2.75, 3.05) is 29.5 Å². The highest BCUT2D eigenvalue weighted by atomic mass is 79.9. The fourth-order valence-electron chi connectivity index (χ4n) is 4.00. The highest BCUT2D eigenvalue weighted by molar-refractivity contribution is 9.10. The number of aliphatic hydroxyl groups excluding tert-OH is 1. The van der Waals surface area contributed by atoms with Crippen molar-refractivity contribution in [3.63, 3.8) is 0 Å². The number of hydrogen-bond acceptors (Lipinski definition) is 12. The largest absolute Gasteiger partial charge is 0.493 e. The molecule has 0 saturated carbocycles. The Bertz CT molecular complexity index is 1740. The second-order valence-electron chi connectivity index (χ2n) is 8.92. The molecular weight excluding hydrogens is 654 g/mol. The van der Waals surface area contributed by atoms with E-state index in [2.05, 4.69) is 52.1 Å². The van der Waals surface area contributed by atoms with Crippen LogP contribution in [0.15, 0.2) is 56.1 Å². The number of carbonyl (C=O) groups excluding carboxylic acids is 2. The third kappa shape index (κ3) is 6.67. The Balaban J connectivity index is 1.22. The lowest BCUT2D eigenvalue weighted by atomic mass is 10.2. The average Bonchev–Trinajstić information content (AvgIpc) is 3.68. The van der Waals surface area contributed by atoms with Gasteiger partial charge in [-0.2, -0.15) is 4.98 Å². The zero-order valence-electron chi connectivity index (χ0n) is 21.5. The van der Waals surface area contributed by atoms with Gasteiger partial charge in [0.15, 0.2) is 6.23 Å². The Hall–Kier alpha value is -4.13. The summed E-state index contributed by atoms with van der Waals surface area (Å²) >= 11 is 5.35. The summed E-state index contributed by atoms with van der Waals surface area (Å²) in [5.41, 5.74) is 0.223. The van der Waals surface area contributed by atoms with E-state index in [4.69, 9.17) is 0 Å². The number of thiazole rings is 1. The minimum atomic E-state index is -1.49. The van der Waals surface area contributed by atoms with Crippen LogP contribution in [0.3, 0.4) is 0 Å². The number of halogens is 1. The number of carbonyl (C=O) groups is 2. The highest BCUT2D eigenvalue weighted by Crippen LogP contribution is 2.25. The lowest BCUT2D eigenvalue weighted by molar-refractivity contribution is -0.122. The molecule has 2 amide bonds. The van der Waals surface area contributed by atoms with Crippen LogP contribution in [0, 0.1) is 0 Å². The second-order valence-corrected chi connectivity index (χ2v) is 11.6. The van der Waals surface area contributed by atoms with Gasteiger partial charge in [-0.3, -0.25) is 19.0 Å². The lowest BCUT2D eigenvalue weighted by Gasteiger charge is -2.12. The molecule has 7 N–H and O–H groups in total. The third-order valence-electron chi connectivity index (χ3n) is 6.02. The van der Waals surface area contributed by atoms with E-state index in [-0.39, 0.29) is 27.7 Å². The molecule has 3 aromatic heterocycles. The topological polar surface area (TPSA) is 208 Å². The minimum absolute atomic E-state index is 0.125. The molecular formula is C24H24BrN9O6S2. The van der Waals surface area contributed by atoms with Gasteiger partial charge >= 0.3 is 10.6 Å². The van der Waals surface area contributed by atoms with E-state index in [0.717, 1.165) is 38.4 Å². The number of H-pyrrole nitrogens is 1. The van der Waals surface area contributed by atoms with E-state index in [1.165, 1.54) is 5.38 Å². The van der Waals surface area contributed by atoms with Crippen LogP contribution in [-0.4, -0.2) is 70.3 Å². The molecule has 1 fully saturated rings. The van der Waals surface area contributed by atoms with E-state index >= 15 is 0 Å². The van der Waals surface area contributed by atoms with E-state index < -0.39 is 23.8 Å². The van der Waals surface area contributed by atoms with Crippen LogP contribution in [0.5, 0.6) is 5.88 Å². The smallest absolute Gasteiger partial charge is 0.338 e. The summed E-state index contributed by atoms with van der Waals surface area (Å²) in [4.78, 5) is 58.6. The predicted molar refractivity (Wildman–Crippen MR) is 161 cm³/mol. The van der Waals surface area contributed by atoms with Gasteiger partial charge in [0.25, 0.3) is 5.24 Å². The summed E-state index contributed by atoms with van der Waals surface area (Å²) in [7, 11) is 0. The van der Waals surface area contributed by atoms with Gasteiger partial charge in [0.05, 0.1) is 22.1 Å². The number of amides is 2. The highest BCUT2D eigenvalue weighted by Gasteiger charge is 2.27. The van der Waals surface area contributed by atoms with E-state index in [0.29, 0.717) is 46.9 Å². The Kier molecular flexibility index (Phi) is 8.95. The van der Waals surface area contributed by atoms with Crippen molar-refractivity contribution in [1.29, 1.82) is 0 Å². The van der Waals surface area contributed by atoms with Crippen molar-refractivity contribution in [1.82, 2.24) is 34.7 Å². The van der Waals surface area contributed by atoms with Crippen molar-refractivity contribution in [2.45, 2.75) is 18.7 Å². The monoisotopic (exact) mass is 677 g/mol. The second kappa shape index (κ2) is 12.8. The standard InChI is InChI=1S/C24H24BrN9O6S2/c25-14-8-28-21(32-18(14)26-5-2-6-27-19(36)15-10-41-22(38)30-15)29-12-3-1-4-13(7-12)34-17(35)9-33(24(34)40)20(37)16-11-42-23(39)31-16/h1,3-4,7-9,11,15,20,35,37H,2,5-6,10H2,(H,27,36)(H,30,38)(H,31,39)(H2,26,28,29,32). The SMILES string of the molecule is O=C1NC(C(=O)NCCCNc2nc(Nc3cccc(-n4c(O)cn(C(O)c5csc(=O)[nH]5)c4=O)c3)ncc2Br)CS1. The van der Waals surface area contributed by atoms with E-state index in [1.807, 2.05) is 0 Å². The van der Waals surface area contributed by atoms with Crippen LogP contribution in [0.1, 0.15) is 18.3 Å². The maximum absolute atomic E-state index is 13.0. The Morgan fingerprint density at radius 1 is 1.26 bits per heavy atom. The first-order valence-electron chi connectivity index (χ1n) is 12.4. The van der Waals surface area contributed by atoms with Crippen molar-refractivity contribution >= 4 is 67.6 Å². The molecule has 0 bridgehead atoms. The first-order chi connectivity index (χ1) is 20.2. The van der Waals surface area contributed by atoms with Crippen molar-refractivity contribution < 1.29 is 19.8 Å². The van der Waals surface area contributed by atoms with Crippen LogP contribution < -0.4 is 31.8 Å². The predicted octanol–water partition coefficient (Wildman–Crippen LogP) is 1.67. The van der Waals surface area contributed by atoms with Gasteiger partial charge in [-0.15, -0.1) is 0 Å². The number of benzene rings is 1. The van der Waals surface area contributed by atoms with Crippen molar-refractivity contribution in [3.8, 4) is 11.6 Å². The number of aromatic hydroxyl groups is 1. The molecule has 1 aliphatic heterocycles. The number of aromatic amines is 1. The van der Waals surface area contributed by atoms with E-state index in [1.54, 1.807) is 30.5 Å². The number of thioether (sulfide) groups is 1. The van der Waals surface area contributed by atoms with Gasteiger partial charge < -0.3 is 36.5 Å². The Morgan fingerprint density at radius 2 is 2.10 bits per heavy atom. The molecule has 4 aromatic rings. The van der Waals surface area contributed by atoms with Crippen molar-refractivity contribution in [2.24, 2.45) is 0 Å². The van der Waals surface area contributed by atoms with Gasteiger partial charge in [0, 0.05) is 36.1 Å². The molecule has 2 atom stereocenters. The molecule has 42 heavy (non-hydrogen) atoms. The number of aliphatic hydroxyl groups is 1. The fourth-order valence-corrected chi connectivity index (χ4v) is 5.70. The molecule has 1 aromatic carbocycles. The summed E-state index contributed by atoms with van der Waals surface area (Å²) in [5, 5.41) is 33.9. The molecule has 18 heteroatoms. The molecule has 0 radical (unpaired) electrons. The van der Waals surface area contributed by atoms with Gasteiger partial charge in [-0.1, -0.05) is 29.2 Å². The third-order valence-corrected chi connectivity index (χ3v) is 8.16. The molecule has 220 valence electrons. The average molecular weight is 679 g/mol. The van der Waals surface area contributed by atoms with Crippen LogP contribution in [0.4, 0.5) is 22.2 Å². The lowest BCUT2D eigenvalue weighted by Crippen LogP contribution is -2.43. The molecule has 0 aliphatic carbocycles. The summed E-state index contributed by atoms with van der Waals surface area (Å²) < 4.78 is 2.53. The molecule has 15 nitrogen and oxygen atoms in total. The van der Waals surface area contributed by atoms with Crippen LogP contribution >= 0.6 is 39.0 Å². The van der Waals surface area contributed by atoms with E-state index in [9.17, 15) is 29.4 Å². The molecule has 4 heterocycles. The number of imidazole rings is 1. The number of hydrogen-bond donors (Lipinski definition) is 7. The van der Waals surface area contributed by atoms with Crippen LogP contribution in [-0.2, 0) is 4.79 Å². The van der Waals surface area contributed by atoms with Crippen LogP contribution in [0.2, 0.25) is 0 Å². The molecule has 1 aliphatic rings. The summed E-state index contributed by atoms with van der Waals surface area (Å²) in [6.45, 7) is 0.917. The van der Waals surface area contributed by atoms with Gasteiger partial charge in [0.1, 0.15) is 11.9 Å². The summed E-state index contributed by atoms with van der Waals surface area (Å²) in [5.74, 6) is 0.560. The number of nitrogens with zero attached hydrogens (tertiary/aromatic N) is 4. The van der Waals surface area contributed by atoms with Crippen molar-refractivity contribution in [3.05, 3.63) is 72.4 Å². The molecule has 1 saturated heterocycles. The quantitative estimate of drug-likeness (QED) is 0.114. The maximum Gasteiger partial charge on any atom is 0.338 e. The number of rotatable bonds is 11. The molecule has 2 unspecified atom stereocenters. The number of nitrogens with one attached hydrogen (secondary N) is 5. The Morgan fingerprint density at radius 3 is 2.83 bits per heavy atom. The normalized spacial score (nSPS) is 15.3. The fraction of sp³-hybridized carbons (Fsp3) is 0.250. The Labute approximate surface area is 253 Å². The number of anilines is 3. The van der Waals surface area contributed by atoms with Gasteiger partial charge in [0.2, 0.25) is 17.7 Å². The van der Waals surface area contributed by atoms with Crippen LogP contribution in [0.25, 0.3) is 5.69 Å². The zero-order valence-corrected chi connectivity index (χ0v) is 24.8. The first-order valence-corrected chi connectivity index (χ1v) is 15.1. The summed E-state index contributed by atoms with van der Waals surface area (Å²) in [6, 6.07) is 6.07. The maximum atomic E-state index is 13.0.